The summed E-state index contributed by atoms with van der Waals surface area (Å²) in [6.07, 6.45) is 2.26. The number of carbonyl (C=O) groups is 2. The molecule has 0 aromatic heterocycles. The van der Waals surface area contributed by atoms with Gasteiger partial charge >= 0.3 is 0 Å². The zero-order chi connectivity index (χ0) is 17.1. The lowest BCUT2D eigenvalue weighted by molar-refractivity contribution is -0.132. The molecule has 1 aromatic carbocycles. The molecule has 1 fully saturated rings. The highest BCUT2D eigenvalue weighted by Crippen LogP contribution is 2.31. The lowest BCUT2D eigenvalue weighted by Gasteiger charge is -2.34. The van der Waals surface area contributed by atoms with Gasteiger partial charge < -0.3 is 20.3 Å². The molecule has 0 radical (unpaired) electrons. The molecule has 1 atom stereocenters. The molecule has 2 heterocycles. The number of carbonyl (C=O) groups excluding carboxylic acids is 2. The number of benzene rings is 1. The van der Waals surface area contributed by atoms with Crippen molar-refractivity contribution in [3.8, 4) is 5.75 Å². The molecular weight excluding hydrogens is 306 g/mol. The highest BCUT2D eigenvalue weighted by Gasteiger charge is 2.28. The van der Waals surface area contributed by atoms with Gasteiger partial charge in [0.2, 0.25) is 5.91 Å². The van der Waals surface area contributed by atoms with Crippen molar-refractivity contribution in [1.29, 1.82) is 0 Å². The standard InChI is InChI=1S/C18H25N3O3/c1-13(19)14-6-9-20(10-7-14)17(22)8-11-21-15-4-2-3-5-16(15)24-12-18(21)23/h2-5,13-14H,6-12,19H2,1H3. The minimum Gasteiger partial charge on any atom is -0.482 e. The van der Waals surface area contributed by atoms with Gasteiger partial charge in [-0.05, 0) is 37.8 Å². The van der Waals surface area contributed by atoms with Crippen LogP contribution < -0.4 is 15.4 Å². The van der Waals surface area contributed by atoms with Crippen LogP contribution in [0.4, 0.5) is 5.69 Å². The molecule has 0 spiro atoms. The van der Waals surface area contributed by atoms with Crippen LogP contribution in [0.15, 0.2) is 24.3 Å². The molecule has 24 heavy (non-hydrogen) atoms. The number of anilines is 1. The van der Waals surface area contributed by atoms with Gasteiger partial charge in [-0.3, -0.25) is 9.59 Å². The molecule has 6 heteroatoms. The number of para-hydroxylation sites is 2. The van der Waals surface area contributed by atoms with Crippen LogP contribution >= 0.6 is 0 Å². The Kier molecular flexibility index (Phi) is 5.04. The van der Waals surface area contributed by atoms with Crippen molar-refractivity contribution in [2.24, 2.45) is 11.7 Å². The quantitative estimate of drug-likeness (QED) is 0.904. The molecule has 6 nitrogen and oxygen atoms in total. The van der Waals surface area contributed by atoms with Crippen molar-refractivity contribution in [2.45, 2.75) is 32.2 Å². The summed E-state index contributed by atoms with van der Waals surface area (Å²) in [6, 6.07) is 7.62. The van der Waals surface area contributed by atoms with E-state index in [1.54, 1.807) is 4.90 Å². The Bertz CT molecular complexity index is 609. The molecule has 2 amide bonds. The number of fused-ring (bicyclic) bond motifs is 1. The monoisotopic (exact) mass is 331 g/mol. The highest BCUT2D eigenvalue weighted by atomic mass is 16.5. The molecule has 2 aliphatic heterocycles. The van der Waals surface area contributed by atoms with Crippen molar-refractivity contribution in [3.05, 3.63) is 24.3 Å². The molecule has 1 aromatic rings. The number of nitrogens with two attached hydrogens (primary N) is 1. The van der Waals surface area contributed by atoms with Crippen LogP contribution in [0.1, 0.15) is 26.2 Å². The fourth-order valence-electron chi connectivity index (χ4n) is 3.44. The first-order valence-corrected chi connectivity index (χ1v) is 8.62. The molecule has 2 aliphatic rings. The van der Waals surface area contributed by atoms with E-state index in [-0.39, 0.29) is 24.5 Å². The summed E-state index contributed by atoms with van der Waals surface area (Å²) < 4.78 is 5.42. The molecule has 3 rings (SSSR count). The van der Waals surface area contributed by atoms with E-state index in [9.17, 15) is 9.59 Å². The number of piperidine rings is 1. The second-order valence-electron chi connectivity index (χ2n) is 6.63. The van der Waals surface area contributed by atoms with Gasteiger partial charge in [0.1, 0.15) is 5.75 Å². The van der Waals surface area contributed by atoms with Crippen LogP contribution in [0.2, 0.25) is 0 Å². The highest BCUT2D eigenvalue weighted by molar-refractivity contribution is 5.98. The summed E-state index contributed by atoms with van der Waals surface area (Å²) in [4.78, 5) is 28.1. The average molecular weight is 331 g/mol. The maximum Gasteiger partial charge on any atom is 0.265 e. The number of hydrogen-bond donors (Lipinski definition) is 1. The van der Waals surface area contributed by atoms with E-state index < -0.39 is 0 Å². The minimum absolute atomic E-state index is 0.0327. The van der Waals surface area contributed by atoms with Gasteiger partial charge in [0, 0.05) is 32.1 Å². The minimum atomic E-state index is -0.0998. The number of hydrogen-bond acceptors (Lipinski definition) is 4. The topological polar surface area (TPSA) is 75.9 Å². The predicted octanol–water partition coefficient (Wildman–Crippen LogP) is 1.39. The molecule has 1 unspecified atom stereocenters. The molecule has 0 bridgehead atoms. The molecule has 130 valence electrons. The molecular formula is C18H25N3O3. The zero-order valence-corrected chi connectivity index (χ0v) is 14.1. The maximum atomic E-state index is 12.5. The van der Waals surface area contributed by atoms with Gasteiger partial charge in [0.25, 0.3) is 5.91 Å². The van der Waals surface area contributed by atoms with E-state index in [4.69, 9.17) is 10.5 Å². The second kappa shape index (κ2) is 7.21. The van der Waals surface area contributed by atoms with Gasteiger partial charge in [0.05, 0.1) is 5.69 Å². The van der Waals surface area contributed by atoms with E-state index in [1.165, 1.54) is 0 Å². The Morgan fingerprint density at radius 1 is 1.33 bits per heavy atom. The van der Waals surface area contributed by atoms with Crippen LogP contribution in [0.25, 0.3) is 0 Å². The van der Waals surface area contributed by atoms with E-state index in [2.05, 4.69) is 0 Å². The number of amides is 2. The average Bonchev–Trinajstić information content (AvgIpc) is 2.60. The van der Waals surface area contributed by atoms with Crippen LogP contribution in [0, 0.1) is 5.92 Å². The fraction of sp³-hybridized carbons (Fsp3) is 0.556. The van der Waals surface area contributed by atoms with E-state index in [1.807, 2.05) is 36.1 Å². The normalized spacial score (nSPS) is 19.7. The van der Waals surface area contributed by atoms with Gasteiger partial charge in [-0.25, -0.2) is 0 Å². The summed E-state index contributed by atoms with van der Waals surface area (Å²) in [5.41, 5.74) is 6.69. The summed E-state index contributed by atoms with van der Waals surface area (Å²) in [6.45, 7) is 3.98. The first-order chi connectivity index (χ1) is 11.6. The third-order valence-electron chi connectivity index (χ3n) is 4.99. The largest absolute Gasteiger partial charge is 0.482 e. The fourth-order valence-corrected chi connectivity index (χ4v) is 3.44. The first-order valence-electron chi connectivity index (χ1n) is 8.62. The summed E-state index contributed by atoms with van der Waals surface area (Å²) in [5.74, 6) is 1.20. The Balaban J connectivity index is 1.56. The molecule has 1 saturated heterocycles. The Morgan fingerprint density at radius 2 is 2.04 bits per heavy atom. The summed E-state index contributed by atoms with van der Waals surface area (Å²) in [7, 11) is 0. The van der Waals surface area contributed by atoms with Crippen LogP contribution in [-0.2, 0) is 9.59 Å². The first kappa shape index (κ1) is 16.8. The number of nitrogens with zero attached hydrogens (tertiary/aromatic N) is 2. The van der Waals surface area contributed by atoms with Crippen molar-refractivity contribution in [1.82, 2.24) is 4.90 Å². The van der Waals surface area contributed by atoms with Crippen LogP contribution in [-0.4, -0.2) is 49.0 Å². The van der Waals surface area contributed by atoms with Gasteiger partial charge in [-0.15, -0.1) is 0 Å². The molecule has 0 saturated carbocycles. The van der Waals surface area contributed by atoms with E-state index >= 15 is 0 Å². The lowest BCUT2D eigenvalue weighted by atomic mass is 9.91. The number of rotatable bonds is 4. The lowest BCUT2D eigenvalue weighted by Crippen LogP contribution is -2.45. The molecule has 0 aliphatic carbocycles. The van der Waals surface area contributed by atoms with Crippen molar-refractivity contribution >= 4 is 17.5 Å². The van der Waals surface area contributed by atoms with E-state index in [0.717, 1.165) is 31.6 Å². The van der Waals surface area contributed by atoms with Crippen molar-refractivity contribution in [3.63, 3.8) is 0 Å². The Labute approximate surface area is 142 Å². The van der Waals surface area contributed by atoms with Crippen LogP contribution in [0.5, 0.6) is 5.75 Å². The molecule has 2 N–H and O–H groups in total. The predicted molar refractivity (Wildman–Crippen MR) is 91.9 cm³/mol. The third-order valence-corrected chi connectivity index (χ3v) is 4.99. The number of likely N-dealkylation sites (tertiary alicyclic amines) is 1. The van der Waals surface area contributed by atoms with Crippen LogP contribution in [0.3, 0.4) is 0 Å². The van der Waals surface area contributed by atoms with E-state index in [0.29, 0.717) is 24.6 Å². The maximum absolute atomic E-state index is 12.5. The zero-order valence-electron chi connectivity index (χ0n) is 14.1. The van der Waals surface area contributed by atoms with Crippen molar-refractivity contribution < 1.29 is 14.3 Å². The van der Waals surface area contributed by atoms with Gasteiger partial charge in [0.15, 0.2) is 6.61 Å². The summed E-state index contributed by atoms with van der Waals surface area (Å²) >= 11 is 0. The summed E-state index contributed by atoms with van der Waals surface area (Å²) in [5, 5.41) is 0. The third kappa shape index (κ3) is 3.53. The smallest absolute Gasteiger partial charge is 0.265 e. The SMILES string of the molecule is CC(N)C1CCN(C(=O)CCN2C(=O)COc3ccccc32)CC1. The van der Waals surface area contributed by atoms with Gasteiger partial charge in [-0.1, -0.05) is 12.1 Å². The van der Waals surface area contributed by atoms with Crippen molar-refractivity contribution in [2.75, 3.05) is 31.1 Å². The van der Waals surface area contributed by atoms with Gasteiger partial charge in [-0.2, -0.15) is 0 Å². The Morgan fingerprint density at radius 3 is 2.75 bits per heavy atom. The Hall–Kier alpha value is -2.08. The second-order valence-corrected chi connectivity index (χ2v) is 6.63. The number of ether oxygens (including phenoxy) is 1.